The molecule has 7 rings (SSSR count). The molecule has 6 nitrogen and oxygen atoms in total. The van der Waals surface area contributed by atoms with Gasteiger partial charge in [0.05, 0.1) is 17.5 Å². The fraction of sp³-hybridized carbons (Fsp3) is 0.347. The molecule has 5 aromatic carbocycles. The highest BCUT2D eigenvalue weighted by atomic mass is 35.5. The Hall–Kier alpha value is -4.56. The van der Waals surface area contributed by atoms with Crippen LogP contribution in [0.15, 0.2) is 127 Å². The summed E-state index contributed by atoms with van der Waals surface area (Å²) in [7, 11) is 0. The van der Waals surface area contributed by atoms with Crippen molar-refractivity contribution in [2.45, 2.75) is 75.8 Å². The van der Waals surface area contributed by atoms with E-state index >= 15 is 0 Å². The molecule has 0 radical (unpaired) electrons. The summed E-state index contributed by atoms with van der Waals surface area (Å²) >= 11 is 8.92. The second kappa shape index (κ2) is 19.3. The Kier molecular flexibility index (Phi) is 13.7. The number of rotatable bonds is 17. The van der Waals surface area contributed by atoms with E-state index in [4.69, 9.17) is 16.3 Å². The summed E-state index contributed by atoms with van der Waals surface area (Å²) in [6.45, 7) is 5.98. The van der Waals surface area contributed by atoms with Crippen LogP contribution in [0.2, 0.25) is 5.02 Å². The number of nitrogens with one attached hydrogen (secondary N) is 2. The smallest absolute Gasteiger partial charge is 0.407 e. The summed E-state index contributed by atoms with van der Waals surface area (Å²) in [6.07, 6.45) is 5.07. The molecule has 0 spiro atoms. The van der Waals surface area contributed by atoms with Crippen molar-refractivity contribution in [1.29, 1.82) is 0 Å². The quantitative estimate of drug-likeness (QED) is 0.0724. The first-order valence-electron chi connectivity index (χ1n) is 20.5. The molecule has 296 valence electrons. The molecular weight excluding hydrogens is 746 g/mol. The second-order valence-corrected chi connectivity index (χ2v) is 16.8. The van der Waals surface area contributed by atoms with Crippen molar-refractivity contribution < 1.29 is 14.3 Å². The van der Waals surface area contributed by atoms with E-state index in [9.17, 15) is 9.59 Å². The van der Waals surface area contributed by atoms with Gasteiger partial charge in [-0.05, 0) is 82.2 Å². The number of nitrogens with zero attached hydrogens (tertiary/aromatic N) is 1. The maximum absolute atomic E-state index is 14.5. The second-order valence-electron chi connectivity index (χ2n) is 15.3. The Bertz CT molecular complexity index is 2060. The van der Waals surface area contributed by atoms with E-state index in [0.29, 0.717) is 36.2 Å². The van der Waals surface area contributed by atoms with Crippen LogP contribution in [-0.2, 0) is 15.1 Å². The van der Waals surface area contributed by atoms with Crippen LogP contribution in [0.1, 0.15) is 97.6 Å². The molecule has 3 atom stereocenters. The highest BCUT2D eigenvalue weighted by molar-refractivity contribution is 7.99. The van der Waals surface area contributed by atoms with Crippen molar-refractivity contribution in [3.05, 3.63) is 166 Å². The van der Waals surface area contributed by atoms with Crippen LogP contribution in [0.5, 0.6) is 0 Å². The minimum Gasteiger partial charge on any atom is -0.449 e. The molecule has 0 aromatic heterocycles. The number of unbranched alkanes of at least 4 members (excludes halogenated alkanes) is 2. The van der Waals surface area contributed by atoms with Gasteiger partial charge in [-0.15, -0.1) is 11.8 Å². The Morgan fingerprint density at radius 3 is 2.12 bits per heavy atom. The molecule has 1 fully saturated rings. The molecule has 1 saturated heterocycles. The van der Waals surface area contributed by atoms with E-state index in [0.717, 1.165) is 41.8 Å². The third kappa shape index (κ3) is 9.12. The molecule has 1 unspecified atom stereocenters. The van der Waals surface area contributed by atoms with E-state index in [-0.39, 0.29) is 18.4 Å². The number of benzene rings is 5. The van der Waals surface area contributed by atoms with E-state index in [1.54, 1.807) is 11.8 Å². The molecule has 0 bridgehead atoms. The molecule has 1 aliphatic carbocycles. The van der Waals surface area contributed by atoms with Crippen LogP contribution < -0.4 is 10.6 Å². The number of halogens is 1. The van der Waals surface area contributed by atoms with E-state index in [1.807, 2.05) is 53.4 Å². The summed E-state index contributed by atoms with van der Waals surface area (Å²) in [5, 5.41) is 7.59. The van der Waals surface area contributed by atoms with Gasteiger partial charge >= 0.3 is 6.09 Å². The lowest BCUT2D eigenvalue weighted by atomic mass is 9.75. The summed E-state index contributed by atoms with van der Waals surface area (Å²) < 4.78 is 5.80. The van der Waals surface area contributed by atoms with Gasteiger partial charge in [-0.25, -0.2) is 4.79 Å². The number of fused-ring (bicyclic) bond motifs is 3. The minimum absolute atomic E-state index is 0.00778. The van der Waals surface area contributed by atoms with Crippen molar-refractivity contribution in [2.75, 3.05) is 31.3 Å². The van der Waals surface area contributed by atoms with Gasteiger partial charge in [-0.2, -0.15) is 0 Å². The summed E-state index contributed by atoms with van der Waals surface area (Å²) in [5.74, 6) is 2.14. The minimum atomic E-state index is -0.919. The van der Waals surface area contributed by atoms with Crippen molar-refractivity contribution >= 4 is 35.4 Å². The van der Waals surface area contributed by atoms with Crippen LogP contribution in [0, 0.1) is 0 Å². The van der Waals surface area contributed by atoms with Crippen LogP contribution >= 0.6 is 23.4 Å². The van der Waals surface area contributed by atoms with Gasteiger partial charge in [0, 0.05) is 29.8 Å². The predicted molar refractivity (Wildman–Crippen MR) is 235 cm³/mol. The number of carbonyl (C=O) groups excluding carboxylic acids is 2. The predicted octanol–water partition coefficient (Wildman–Crippen LogP) is 11.1. The highest BCUT2D eigenvalue weighted by Gasteiger charge is 2.42. The summed E-state index contributed by atoms with van der Waals surface area (Å²) in [6, 6.07) is 43.4. The van der Waals surface area contributed by atoms with Crippen LogP contribution in [0.25, 0.3) is 11.1 Å². The molecule has 57 heavy (non-hydrogen) atoms. The topological polar surface area (TPSA) is 70.7 Å². The van der Waals surface area contributed by atoms with Crippen molar-refractivity contribution in [2.24, 2.45) is 0 Å². The lowest BCUT2D eigenvalue weighted by Gasteiger charge is -2.41. The van der Waals surface area contributed by atoms with Crippen molar-refractivity contribution in [1.82, 2.24) is 15.5 Å². The van der Waals surface area contributed by atoms with Crippen molar-refractivity contribution in [3.8, 4) is 11.1 Å². The summed E-state index contributed by atoms with van der Waals surface area (Å²) in [4.78, 5) is 29.5. The standard InChI is InChI=1S/C49H54ClN3O3S/c1-3-4-16-35(2)36-26-28-38(29-27-36)49(37-17-6-5-7-18-37,44-23-12-13-24-45(44)50)52-46(47(54)53-31-32-57-34-53)25-14-15-30-51-48(55)56-33-43-41-21-10-8-19-39(41)40-20-9-11-22-42(40)43/h5-13,17-24,26-29,35,43,46,52H,3-4,14-16,25,30-34H2,1-2H3,(H,51,55)/t35-,46-,49?/m0/s1. The maximum Gasteiger partial charge on any atom is 0.407 e. The third-order valence-corrected chi connectivity index (χ3v) is 13.0. The molecule has 8 heteroatoms. The number of carbonyl (C=O) groups is 2. The first-order valence-corrected chi connectivity index (χ1v) is 22.1. The third-order valence-electron chi connectivity index (χ3n) is 11.7. The molecule has 0 saturated carbocycles. The van der Waals surface area contributed by atoms with E-state index < -0.39 is 17.7 Å². The molecular formula is C49H54ClN3O3S. The number of hydrogen-bond acceptors (Lipinski definition) is 5. The van der Waals surface area contributed by atoms with Crippen LogP contribution in [-0.4, -0.2) is 54.3 Å². The fourth-order valence-corrected chi connectivity index (χ4v) is 9.79. The normalized spacial score (nSPS) is 15.7. The average molecular weight is 801 g/mol. The largest absolute Gasteiger partial charge is 0.449 e. The number of ether oxygens (including phenoxy) is 1. The first kappa shape index (κ1) is 40.6. The van der Waals surface area contributed by atoms with E-state index in [1.165, 1.54) is 40.7 Å². The number of hydrogen-bond donors (Lipinski definition) is 2. The lowest BCUT2D eigenvalue weighted by Crippen LogP contribution is -2.55. The van der Waals surface area contributed by atoms with Gasteiger partial charge in [-0.3, -0.25) is 10.1 Å². The van der Waals surface area contributed by atoms with Crippen LogP contribution in [0.3, 0.4) is 0 Å². The Morgan fingerprint density at radius 2 is 1.46 bits per heavy atom. The Balaban J connectivity index is 1.09. The molecule has 2 N–H and O–H groups in total. The molecule has 2 amide bonds. The number of alkyl carbamates (subject to hydrolysis) is 1. The fourth-order valence-electron chi connectivity index (χ4n) is 8.55. The van der Waals surface area contributed by atoms with Gasteiger partial charge in [-0.1, -0.05) is 160 Å². The molecule has 1 heterocycles. The maximum atomic E-state index is 14.5. The van der Waals surface area contributed by atoms with Gasteiger partial charge < -0.3 is 15.0 Å². The Labute approximate surface area is 347 Å². The molecule has 1 aliphatic heterocycles. The van der Waals surface area contributed by atoms with Gasteiger partial charge in [0.15, 0.2) is 0 Å². The number of amides is 2. The molecule has 2 aliphatic rings. The Morgan fingerprint density at radius 1 is 0.807 bits per heavy atom. The van der Waals surface area contributed by atoms with Crippen molar-refractivity contribution in [3.63, 3.8) is 0 Å². The SMILES string of the molecule is CCCC[C@H](C)c1ccc(C(N[C@@H](CCCCNC(=O)OCC2c3ccccc3-c3ccccc32)C(=O)N2CCSC2)(c2ccccc2)c2ccccc2Cl)cc1. The highest BCUT2D eigenvalue weighted by Crippen LogP contribution is 2.45. The monoisotopic (exact) mass is 799 g/mol. The first-order chi connectivity index (χ1) is 27.9. The lowest BCUT2D eigenvalue weighted by molar-refractivity contribution is -0.132. The van der Waals surface area contributed by atoms with Gasteiger partial charge in [0.1, 0.15) is 6.61 Å². The zero-order valence-electron chi connectivity index (χ0n) is 33.1. The van der Waals surface area contributed by atoms with Gasteiger partial charge in [0.25, 0.3) is 0 Å². The summed E-state index contributed by atoms with van der Waals surface area (Å²) in [5.41, 5.74) is 8.10. The molecule has 5 aromatic rings. The van der Waals surface area contributed by atoms with E-state index in [2.05, 4.69) is 103 Å². The average Bonchev–Trinajstić information content (AvgIpc) is 3.91. The van der Waals surface area contributed by atoms with Crippen LogP contribution in [0.4, 0.5) is 4.79 Å². The zero-order valence-corrected chi connectivity index (χ0v) is 34.7. The van der Waals surface area contributed by atoms with Gasteiger partial charge in [0.2, 0.25) is 5.91 Å². The zero-order chi connectivity index (χ0) is 39.6. The number of thioether (sulfide) groups is 1.